The number of carboxylic acids is 1. The molecule has 1 aromatic heterocycles. The van der Waals surface area contributed by atoms with Crippen LogP contribution in [0.25, 0.3) is 0 Å². The van der Waals surface area contributed by atoms with Gasteiger partial charge in [-0.2, -0.15) is 13.2 Å². The predicted octanol–water partition coefficient (Wildman–Crippen LogP) is 3.69. The lowest BCUT2D eigenvalue weighted by molar-refractivity contribution is -0.141. The summed E-state index contributed by atoms with van der Waals surface area (Å²) in [5.41, 5.74) is 0.0924. The standard InChI is InChI=1S/C17H18F3N3O2/c1-11-9-14(17(18,19)20)23-16(21-11)22-13(7-8-15(24)25)10-12-5-3-2-4-6-12/h2-6,9,13H,7-8,10H2,1H3,(H,24,25)(H,21,22,23). The minimum atomic E-state index is -4.57. The fraction of sp³-hybridized carbons (Fsp3) is 0.353. The number of anilines is 1. The van der Waals surface area contributed by atoms with Gasteiger partial charge in [-0.1, -0.05) is 30.3 Å². The average Bonchev–Trinajstić information content (AvgIpc) is 2.52. The van der Waals surface area contributed by atoms with Gasteiger partial charge in [-0.3, -0.25) is 4.79 Å². The number of carbonyl (C=O) groups is 1. The van der Waals surface area contributed by atoms with Gasteiger partial charge < -0.3 is 10.4 Å². The van der Waals surface area contributed by atoms with Gasteiger partial charge in [-0.25, -0.2) is 9.97 Å². The van der Waals surface area contributed by atoms with Crippen molar-refractivity contribution in [3.05, 3.63) is 53.3 Å². The molecule has 0 fully saturated rings. The van der Waals surface area contributed by atoms with E-state index in [9.17, 15) is 18.0 Å². The monoisotopic (exact) mass is 353 g/mol. The van der Waals surface area contributed by atoms with Crippen molar-refractivity contribution in [2.75, 3.05) is 5.32 Å². The first-order chi connectivity index (χ1) is 11.7. The molecule has 2 aromatic rings. The van der Waals surface area contributed by atoms with Crippen LogP contribution in [0.15, 0.2) is 36.4 Å². The number of nitrogens with one attached hydrogen (secondary N) is 1. The van der Waals surface area contributed by atoms with E-state index < -0.39 is 23.9 Å². The van der Waals surface area contributed by atoms with Crippen LogP contribution in [-0.2, 0) is 17.4 Å². The van der Waals surface area contributed by atoms with Gasteiger partial charge >= 0.3 is 12.1 Å². The molecule has 8 heteroatoms. The molecule has 0 amide bonds. The third kappa shape index (κ3) is 6.06. The van der Waals surface area contributed by atoms with E-state index in [2.05, 4.69) is 15.3 Å². The summed E-state index contributed by atoms with van der Waals surface area (Å²) >= 11 is 0. The minimum absolute atomic E-state index is 0.109. The summed E-state index contributed by atoms with van der Waals surface area (Å²) in [6, 6.07) is 9.74. The Hall–Kier alpha value is -2.64. The van der Waals surface area contributed by atoms with E-state index in [4.69, 9.17) is 5.11 Å². The highest BCUT2D eigenvalue weighted by Crippen LogP contribution is 2.28. The largest absolute Gasteiger partial charge is 0.481 e. The van der Waals surface area contributed by atoms with E-state index in [-0.39, 0.29) is 24.5 Å². The Labute approximate surface area is 142 Å². The van der Waals surface area contributed by atoms with Crippen molar-refractivity contribution in [1.29, 1.82) is 0 Å². The van der Waals surface area contributed by atoms with E-state index in [0.717, 1.165) is 11.6 Å². The summed E-state index contributed by atoms with van der Waals surface area (Å²) in [6.45, 7) is 1.45. The summed E-state index contributed by atoms with van der Waals surface area (Å²) < 4.78 is 38.7. The van der Waals surface area contributed by atoms with Crippen LogP contribution in [-0.4, -0.2) is 27.1 Å². The number of benzene rings is 1. The summed E-state index contributed by atoms with van der Waals surface area (Å²) in [6.07, 6.45) is -3.99. The molecule has 2 N–H and O–H groups in total. The molecule has 0 aliphatic carbocycles. The quantitative estimate of drug-likeness (QED) is 0.794. The first-order valence-electron chi connectivity index (χ1n) is 7.69. The molecule has 1 unspecified atom stereocenters. The molecular weight excluding hydrogens is 335 g/mol. The Morgan fingerprint density at radius 2 is 1.92 bits per heavy atom. The Morgan fingerprint density at radius 3 is 2.52 bits per heavy atom. The zero-order valence-electron chi connectivity index (χ0n) is 13.5. The number of hydrogen-bond acceptors (Lipinski definition) is 4. The van der Waals surface area contributed by atoms with E-state index in [1.165, 1.54) is 6.92 Å². The number of carboxylic acid groups (broad SMARTS) is 1. The van der Waals surface area contributed by atoms with Crippen LogP contribution < -0.4 is 5.32 Å². The van der Waals surface area contributed by atoms with Crippen LogP contribution >= 0.6 is 0 Å². The minimum Gasteiger partial charge on any atom is -0.481 e. The molecule has 1 atom stereocenters. The van der Waals surface area contributed by atoms with Crippen LogP contribution in [0.4, 0.5) is 19.1 Å². The number of nitrogens with zero attached hydrogens (tertiary/aromatic N) is 2. The summed E-state index contributed by atoms with van der Waals surface area (Å²) in [7, 11) is 0. The normalized spacial score (nSPS) is 12.6. The Bertz CT molecular complexity index is 721. The smallest absolute Gasteiger partial charge is 0.433 e. The lowest BCUT2D eigenvalue weighted by atomic mass is 10.0. The van der Waals surface area contributed by atoms with Crippen LogP contribution in [0, 0.1) is 6.92 Å². The molecule has 1 aromatic carbocycles. The highest BCUT2D eigenvalue weighted by molar-refractivity contribution is 5.66. The topological polar surface area (TPSA) is 75.1 Å². The molecule has 0 saturated carbocycles. The van der Waals surface area contributed by atoms with E-state index in [1.54, 1.807) is 0 Å². The molecular formula is C17H18F3N3O2. The first kappa shape index (κ1) is 18.7. The maximum Gasteiger partial charge on any atom is 0.433 e. The summed E-state index contributed by atoms with van der Waals surface area (Å²) in [5.74, 6) is -1.13. The summed E-state index contributed by atoms with van der Waals surface area (Å²) in [5, 5.41) is 11.7. The van der Waals surface area contributed by atoms with Gasteiger partial charge in [0.1, 0.15) is 5.69 Å². The van der Waals surface area contributed by atoms with E-state index in [1.807, 2.05) is 30.3 Å². The van der Waals surface area contributed by atoms with Gasteiger partial charge in [0.05, 0.1) is 0 Å². The molecule has 134 valence electrons. The highest BCUT2D eigenvalue weighted by atomic mass is 19.4. The van der Waals surface area contributed by atoms with Crippen molar-refractivity contribution in [3.63, 3.8) is 0 Å². The van der Waals surface area contributed by atoms with Crippen LogP contribution in [0.3, 0.4) is 0 Å². The fourth-order valence-electron chi connectivity index (χ4n) is 2.38. The van der Waals surface area contributed by atoms with Crippen molar-refractivity contribution in [1.82, 2.24) is 9.97 Å². The Morgan fingerprint density at radius 1 is 1.24 bits per heavy atom. The van der Waals surface area contributed by atoms with E-state index >= 15 is 0 Å². The molecule has 25 heavy (non-hydrogen) atoms. The third-order valence-corrected chi connectivity index (χ3v) is 3.51. The van der Waals surface area contributed by atoms with Gasteiger partial charge in [-0.05, 0) is 31.4 Å². The van der Waals surface area contributed by atoms with Gasteiger partial charge in [0, 0.05) is 18.2 Å². The maximum absolute atomic E-state index is 12.9. The number of hydrogen-bond donors (Lipinski definition) is 2. The lowest BCUT2D eigenvalue weighted by Crippen LogP contribution is -2.25. The molecule has 0 saturated heterocycles. The summed E-state index contributed by atoms with van der Waals surface area (Å²) in [4.78, 5) is 18.3. The molecule has 2 rings (SSSR count). The van der Waals surface area contributed by atoms with Crippen molar-refractivity contribution in [3.8, 4) is 0 Å². The Balaban J connectivity index is 2.20. The van der Waals surface area contributed by atoms with E-state index in [0.29, 0.717) is 6.42 Å². The number of alkyl halides is 3. The van der Waals surface area contributed by atoms with Gasteiger partial charge in [0.25, 0.3) is 0 Å². The number of aliphatic carboxylic acids is 1. The maximum atomic E-state index is 12.9. The molecule has 1 heterocycles. The molecule has 0 radical (unpaired) electrons. The van der Waals surface area contributed by atoms with Crippen molar-refractivity contribution in [2.45, 2.75) is 38.4 Å². The first-order valence-corrected chi connectivity index (χ1v) is 7.69. The average molecular weight is 353 g/mol. The van der Waals surface area contributed by atoms with Crippen molar-refractivity contribution in [2.24, 2.45) is 0 Å². The zero-order chi connectivity index (χ0) is 18.4. The molecule has 0 spiro atoms. The second kappa shape index (κ2) is 7.96. The second-order valence-electron chi connectivity index (χ2n) is 5.68. The molecule has 0 bridgehead atoms. The van der Waals surface area contributed by atoms with Crippen molar-refractivity contribution < 1.29 is 23.1 Å². The van der Waals surface area contributed by atoms with Crippen LogP contribution in [0.1, 0.15) is 29.8 Å². The zero-order valence-corrected chi connectivity index (χ0v) is 13.5. The Kier molecular flexibility index (Phi) is 5.95. The third-order valence-electron chi connectivity index (χ3n) is 3.51. The number of aromatic nitrogens is 2. The second-order valence-corrected chi connectivity index (χ2v) is 5.68. The van der Waals surface area contributed by atoms with Gasteiger partial charge in [-0.15, -0.1) is 0 Å². The van der Waals surface area contributed by atoms with Crippen LogP contribution in [0.2, 0.25) is 0 Å². The van der Waals surface area contributed by atoms with Crippen molar-refractivity contribution >= 4 is 11.9 Å². The predicted molar refractivity (Wildman–Crippen MR) is 86.2 cm³/mol. The molecule has 5 nitrogen and oxygen atoms in total. The number of halogens is 3. The van der Waals surface area contributed by atoms with Gasteiger partial charge in [0.15, 0.2) is 0 Å². The molecule has 0 aliphatic rings. The lowest BCUT2D eigenvalue weighted by Gasteiger charge is -2.19. The highest BCUT2D eigenvalue weighted by Gasteiger charge is 2.33. The number of rotatable bonds is 7. The van der Waals surface area contributed by atoms with Gasteiger partial charge in [0.2, 0.25) is 5.95 Å². The fourth-order valence-corrected chi connectivity index (χ4v) is 2.38. The SMILES string of the molecule is Cc1cc(C(F)(F)F)nc(NC(CCC(=O)O)Cc2ccccc2)n1. The number of aryl methyl sites for hydroxylation is 1. The molecule has 0 aliphatic heterocycles. The van der Waals surface area contributed by atoms with Crippen LogP contribution in [0.5, 0.6) is 0 Å².